The summed E-state index contributed by atoms with van der Waals surface area (Å²) in [5.74, 6) is 1.38. The van der Waals surface area contributed by atoms with Crippen molar-refractivity contribution < 1.29 is 9.63 Å². The second-order valence-electron chi connectivity index (χ2n) is 3.14. The molecule has 80 valence electrons. The molecule has 0 aliphatic heterocycles. The molecule has 1 aromatic rings. The maximum absolute atomic E-state index is 8.61. The molecule has 0 atom stereocenters. The van der Waals surface area contributed by atoms with Gasteiger partial charge in [-0.05, 0) is 26.4 Å². The van der Waals surface area contributed by atoms with Gasteiger partial charge in [0, 0.05) is 19.4 Å². The Morgan fingerprint density at radius 2 is 2.21 bits per heavy atom. The number of hydrogen-bond acceptors (Lipinski definition) is 5. The van der Waals surface area contributed by atoms with Crippen molar-refractivity contribution >= 4 is 0 Å². The summed E-state index contributed by atoms with van der Waals surface area (Å²) < 4.78 is 5.04. The van der Waals surface area contributed by atoms with E-state index in [9.17, 15) is 0 Å². The molecule has 0 amide bonds. The summed E-state index contributed by atoms with van der Waals surface area (Å²) in [4.78, 5) is 4.20. The molecule has 5 nitrogen and oxygen atoms in total. The highest BCUT2D eigenvalue weighted by atomic mass is 16.5. The lowest BCUT2D eigenvalue weighted by Gasteiger charge is -1.93. The van der Waals surface area contributed by atoms with E-state index in [0.29, 0.717) is 24.6 Å². The maximum atomic E-state index is 8.61. The third kappa shape index (κ3) is 3.85. The zero-order valence-electron chi connectivity index (χ0n) is 8.49. The fourth-order valence-electron chi connectivity index (χ4n) is 1.15. The van der Waals surface area contributed by atoms with Gasteiger partial charge in [0.25, 0.3) is 0 Å². The number of rotatable bonds is 7. The summed E-state index contributed by atoms with van der Waals surface area (Å²) in [6, 6.07) is 0. The largest absolute Gasteiger partial charge is 0.396 e. The Bertz CT molecular complexity index is 250. The van der Waals surface area contributed by atoms with Gasteiger partial charge < -0.3 is 14.9 Å². The van der Waals surface area contributed by atoms with Gasteiger partial charge in [-0.15, -0.1) is 0 Å². The average Bonchev–Trinajstić information content (AvgIpc) is 2.63. The van der Waals surface area contributed by atoms with Crippen LogP contribution in [0.5, 0.6) is 0 Å². The van der Waals surface area contributed by atoms with Crippen molar-refractivity contribution in [3.63, 3.8) is 0 Å². The summed E-state index contributed by atoms with van der Waals surface area (Å²) in [5, 5.41) is 15.5. The molecular formula is C9H17N3O2. The summed E-state index contributed by atoms with van der Waals surface area (Å²) >= 11 is 0. The number of aliphatic hydroxyl groups is 1. The second kappa shape index (κ2) is 6.50. The Kier molecular flexibility index (Phi) is 5.17. The fourth-order valence-corrected chi connectivity index (χ4v) is 1.15. The molecule has 0 spiro atoms. The van der Waals surface area contributed by atoms with Gasteiger partial charge in [-0.3, -0.25) is 0 Å². The average molecular weight is 199 g/mol. The molecule has 1 heterocycles. The summed E-state index contributed by atoms with van der Waals surface area (Å²) in [5.41, 5.74) is 0. The van der Waals surface area contributed by atoms with Crippen LogP contribution in [0.3, 0.4) is 0 Å². The van der Waals surface area contributed by atoms with E-state index < -0.39 is 0 Å². The van der Waals surface area contributed by atoms with E-state index in [2.05, 4.69) is 15.5 Å². The van der Waals surface area contributed by atoms with Crippen molar-refractivity contribution in [1.29, 1.82) is 0 Å². The van der Waals surface area contributed by atoms with E-state index in [-0.39, 0.29) is 6.61 Å². The number of nitrogens with one attached hydrogen (secondary N) is 1. The monoisotopic (exact) mass is 199 g/mol. The molecule has 5 heteroatoms. The van der Waals surface area contributed by atoms with Crippen LogP contribution in [0.4, 0.5) is 0 Å². The molecule has 0 unspecified atom stereocenters. The van der Waals surface area contributed by atoms with Crippen LogP contribution in [0.2, 0.25) is 0 Å². The number of nitrogens with zero attached hydrogens (tertiary/aromatic N) is 2. The zero-order chi connectivity index (χ0) is 10.2. The van der Waals surface area contributed by atoms with Crippen LogP contribution >= 0.6 is 0 Å². The van der Waals surface area contributed by atoms with E-state index in [1.54, 1.807) is 0 Å². The topological polar surface area (TPSA) is 71.2 Å². The first-order chi connectivity index (χ1) is 6.86. The third-order valence-electron chi connectivity index (χ3n) is 1.89. The van der Waals surface area contributed by atoms with Crippen LogP contribution in [0, 0.1) is 0 Å². The Balaban J connectivity index is 2.27. The molecule has 0 saturated carbocycles. The van der Waals surface area contributed by atoms with Crippen LogP contribution in [-0.2, 0) is 12.8 Å². The summed E-state index contributed by atoms with van der Waals surface area (Å²) in [6.45, 7) is 1.12. The van der Waals surface area contributed by atoms with E-state index >= 15 is 0 Å². The molecular weight excluding hydrogens is 182 g/mol. The van der Waals surface area contributed by atoms with Crippen LogP contribution in [0.15, 0.2) is 4.52 Å². The zero-order valence-corrected chi connectivity index (χ0v) is 8.49. The lowest BCUT2D eigenvalue weighted by molar-refractivity contribution is 0.286. The standard InChI is InChI=1S/C9H17N3O2/c1-10-6-2-5-9-11-8(12-14-9)4-3-7-13/h10,13H,2-7H2,1H3. The molecule has 0 aliphatic rings. The Labute approximate surface area is 83.5 Å². The van der Waals surface area contributed by atoms with Crippen molar-refractivity contribution in [2.75, 3.05) is 20.2 Å². The predicted molar refractivity (Wildman–Crippen MR) is 52.0 cm³/mol. The van der Waals surface area contributed by atoms with E-state index in [0.717, 1.165) is 19.4 Å². The fraction of sp³-hybridized carbons (Fsp3) is 0.778. The van der Waals surface area contributed by atoms with E-state index in [1.165, 1.54) is 0 Å². The van der Waals surface area contributed by atoms with Crippen molar-refractivity contribution in [2.24, 2.45) is 0 Å². The molecule has 0 saturated heterocycles. The highest BCUT2D eigenvalue weighted by molar-refractivity contribution is 4.86. The number of hydrogen-bond donors (Lipinski definition) is 2. The van der Waals surface area contributed by atoms with Crippen molar-refractivity contribution in [3.05, 3.63) is 11.7 Å². The second-order valence-corrected chi connectivity index (χ2v) is 3.14. The van der Waals surface area contributed by atoms with Crippen LogP contribution < -0.4 is 5.32 Å². The maximum Gasteiger partial charge on any atom is 0.226 e. The van der Waals surface area contributed by atoms with E-state index in [4.69, 9.17) is 9.63 Å². The smallest absolute Gasteiger partial charge is 0.226 e. The Morgan fingerprint density at radius 3 is 2.93 bits per heavy atom. The van der Waals surface area contributed by atoms with Gasteiger partial charge >= 0.3 is 0 Å². The molecule has 0 aliphatic carbocycles. The van der Waals surface area contributed by atoms with Crippen molar-refractivity contribution in [2.45, 2.75) is 25.7 Å². The van der Waals surface area contributed by atoms with Crippen LogP contribution in [0.1, 0.15) is 24.6 Å². The lowest BCUT2D eigenvalue weighted by atomic mass is 10.3. The first-order valence-electron chi connectivity index (χ1n) is 4.93. The molecule has 2 N–H and O–H groups in total. The Morgan fingerprint density at radius 1 is 1.36 bits per heavy atom. The van der Waals surface area contributed by atoms with Crippen molar-refractivity contribution in [1.82, 2.24) is 15.5 Å². The van der Waals surface area contributed by atoms with E-state index in [1.807, 2.05) is 7.05 Å². The minimum Gasteiger partial charge on any atom is -0.396 e. The Hall–Kier alpha value is -0.940. The predicted octanol–water partition coefficient (Wildman–Crippen LogP) is 0.146. The minimum atomic E-state index is 0.170. The van der Waals surface area contributed by atoms with Gasteiger partial charge in [0.2, 0.25) is 5.89 Å². The molecule has 0 fully saturated rings. The van der Waals surface area contributed by atoms with Gasteiger partial charge in [-0.2, -0.15) is 4.98 Å². The molecule has 14 heavy (non-hydrogen) atoms. The molecule has 0 radical (unpaired) electrons. The molecule has 1 aromatic heterocycles. The number of aromatic nitrogens is 2. The van der Waals surface area contributed by atoms with Gasteiger partial charge in [0.1, 0.15) is 0 Å². The van der Waals surface area contributed by atoms with Gasteiger partial charge in [0.05, 0.1) is 0 Å². The van der Waals surface area contributed by atoms with Crippen LogP contribution in [0.25, 0.3) is 0 Å². The molecule has 1 rings (SSSR count). The normalized spacial score (nSPS) is 10.7. The first kappa shape index (κ1) is 11.1. The minimum absolute atomic E-state index is 0.170. The molecule has 0 aromatic carbocycles. The summed E-state index contributed by atoms with van der Waals surface area (Å²) in [7, 11) is 1.92. The van der Waals surface area contributed by atoms with Crippen LogP contribution in [-0.4, -0.2) is 35.4 Å². The quantitative estimate of drug-likeness (QED) is 0.611. The summed E-state index contributed by atoms with van der Waals surface area (Å²) in [6.07, 6.45) is 3.19. The highest BCUT2D eigenvalue weighted by Gasteiger charge is 2.04. The third-order valence-corrected chi connectivity index (χ3v) is 1.89. The lowest BCUT2D eigenvalue weighted by Crippen LogP contribution is -2.08. The van der Waals surface area contributed by atoms with Gasteiger partial charge in [-0.1, -0.05) is 5.16 Å². The first-order valence-corrected chi connectivity index (χ1v) is 4.93. The highest BCUT2D eigenvalue weighted by Crippen LogP contribution is 2.02. The SMILES string of the molecule is CNCCCc1nc(CCCO)no1. The number of aryl methyl sites for hydroxylation is 2. The molecule has 0 bridgehead atoms. The van der Waals surface area contributed by atoms with Crippen molar-refractivity contribution in [3.8, 4) is 0 Å². The van der Waals surface area contributed by atoms with Gasteiger partial charge in [0.15, 0.2) is 5.82 Å². The number of aliphatic hydroxyl groups excluding tert-OH is 1. The van der Waals surface area contributed by atoms with Gasteiger partial charge in [-0.25, -0.2) is 0 Å².